The molecule has 0 amide bonds. The Labute approximate surface area is 115 Å². The average Bonchev–Trinajstić information content (AvgIpc) is 2.73. The minimum Gasteiger partial charge on any atom is -0.480 e. The molecule has 0 saturated carbocycles. The summed E-state index contributed by atoms with van der Waals surface area (Å²) in [7, 11) is -1.95. The lowest BCUT2D eigenvalue weighted by Crippen LogP contribution is -2.11. The quantitative estimate of drug-likeness (QED) is 0.932. The van der Waals surface area contributed by atoms with Crippen LogP contribution in [-0.2, 0) is 10.0 Å². The maximum atomic E-state index is 11.3. The fraction of sp³-hybridized carbons (Fsp3) is 0.273. The molecule has 0 aromatic carbocycles. The predicted octanol–water partition coefficient (Wildman–Crippen LogP) is 1.89. The highest BCUT2D eigenvalue weighted by Crippen LogP contribution is 2.32. The third-order valence-electron chi connectivity index (χ3n) is 2.35. The lowest BCUT2D eigenvalue weighted by atomic mass is 10.2. The van der Waals surface area contributed by atoms with Crippen LogP contribution in [0.15, 0.2) is 17.8 Å². The van der Waals surface area contributed by atoms with Crippen molar-refractivity contribution in [1.29, 1.82) is 0 Å². The Bertz CT molecular complexity index is 695. The summed E-state index contributed by atoms with van der Waals surface area (Å²) in [6.07, 6.45) is 2.71. The zero-order valence-electron chi connectivity index (χ0n) is 10.7. The van der Waals surface area contributed by atoms with Gasteiger partial charge in [-0.1, -0.05) is 0 Å². The molecule has 19 heavy (non-hydrogen) atoms. The summed E-state index contributed by atoms with van der Waals surface area (Å²) in [4.78, 5) is 9.22. The summed E-state index contributed by atoms with van der Waals surface area (Å²) in [6, 6.07) is 1.69. The minimum absolute atomic E-state index is 0.233. The van der Waals surface area contributed by atoms with Gasteiger partial charge in [0.25, 0.3) is 0 Å². The van der Waals surface area contributed by atoms with Gasteiger partial charge >= 0.3 is 0 Å². The van der Waals surface area contributed by atoms with Gasteiger partial charge in [0, 0.05) is 11.8 Å². The van der Waals surface area contributed by atoms with Crippen LogP contribution in [0, 0.1) is 6.92 Å². The van der Waals surface area contributed by atoms with E-state index in [1.165, 1.54) is 18.4 Å². The van der Waals surface area contributed by atoms with Crippen LogP contribution in [0.25, 0.3) is 10.4 Å². The van der Waals surface area contributed by atoms with Crippen molar-refractivity contribution < 1.29 is 13.2 Å². The number of hydrogen-bond donors (Lipinski definition) is 1. The van der Waals surface area contributed by atoms with Crippen LogP contribution in [0.1, 0.15) is 5.69 Å². The first-order valence-electron chi connectivity index (χ1n) is 5.33. The fourth-order valence-electron chi connectivity index (χ4n) is 1.59. The van der Waals surface area contributed by atoms with Gasteiger partial charge in [0.1, 0.15) is 5.69 Å². The monoisotopic (exact) mass is 299 g/mol. The van der Waals surface area contributed by atoms with Crippen molar-refractivity contribution in [2.45, 2.75) is 6.92 Å². The first-order chi connectivity index (χ1) is 8.90. The van der Waals surface area contributed by atoms with Crippen molar-refractivity contribution in [3.8, 4) is 16.3 Å². The standard InChI is InChI=1S/C11H13N3O3S2/c1-7-10(18-6-13-7)8-4-9(14-19(3,15)16)11(17-2)12-5-8/h4-6,14H,1-3H3. The Kier molecular flexibility index (Phi) is 3.72. The maximum Gasteiger partial charge on any atom is 0.238 e. The summed E-state index contributed by atoms with van der Waals surface area (Å²) >= 11 is 1.47. The molecule has 0 aliphatic heterocycles. The maximum absolute atomic E-state index is 11.3. The molecule has 0 unspecified atom stereocenters. The molecule has 0 aliphatic rings. The molecule has 2 heterocycles. The summed E-state index contributed by atoms with van der Waals surface area (Å²) in [5.41, 5.74) is 3.72. The van der Waals surface area contributed by atoms with Gasteiger partial charge in [0.05, 0.1) is 29.4 Å². The highest BCUT2D eigenvalue weighted by atomic mass is 32.2. The Morgan fingerprint density at radius 2 is 2.11 bits per heavy atom. The van der Waals surface area contributed by atoms with Crippen molar-refractivity contribution in [3.05, 3.63) is 23.5 Å². The van der Waals surface area contributed by atoms with Gasteiger partial charge < -0.3 is 4.74 Å². The number of thiazole rings is 1. The molecule has 0 radical (unpaired) electrons. The van der Waals surface area contributed by atoms with Gasteiger partial charge in [-0.05, 0) is 13.0 Å². The third kappa shape index (κ3) is 3.21. The largest absolute Gasteiger partial charge is 0.480 e. The molecule has 2 rings (SSSR count). The number of methoxy groups -OCH3 is 1. The van der Waals surface area contributed by atoms with E-state index >= 15 is 0 Å². The van der Waals surface area contributed by atoms with Gasteiger partial charge in [-0.2, -0.15) is 0 Å². The van der Waals surface area contributed by atoms with Crippen LogP contribution in [0.4, 0.5) is 5.69 Å². The Hall–Kier alpha value is -1.67. The van der Waals surface area contributed by atoms with E-state index in [4.69, 9.17) is 4.74 Å². The summed E-state index contributed by atoms with van der Waals surface area (Å²) < 4.78 is 30.1. The topological polar surface area (TPSA) is 81.2 Å². The molecule has 0 saturated heterocycles. The predicted molar refractivity (Wildman–Crippen MR) is 75.1 cm³/mol. The van der Waals surface area contributed by atoms with Crippen LogP contribution in [-0.4, -0.2) is 31.8 Å². The first-order valence-corrected chi connectivity index (χ1v) is 8.10. The number of hydrogen-bond acceptors (Lipinski definition) is 6. The lowest BCUT2D eigenvalue weighted by molar-refractivity contribution is 0.400. The van der Waals surface area contributed by atoms with E-state index in [0.29, 0.717) is 5.69 Å². The molecule has 2 aromatic rings. The number of nitrogens with one attached hydrogen (secondary N) is 1. The van der Waals surface area contributed by atoms with Gasteiger partial charge in [-0.3, -0.25) is 4.72 Å². The molecule has 0 bridgehead atoms. The Morgan fingerprint density at radius 1 is 1.37 bits per heavy atom. The Balaban J connectivity index is 2.50. The highest BCUT2D eigenvalue weighted by molar-refractivity contribution is 7.92. The van der Waals surface area contributed by atoms with Gasteiger partial charge in [0.15, 0.2) is 0 Å². The van der Waals surface area contributed by atoms with Crippen molar-refractivity contribution in [3.63, 3.8) is 0 Å². The molecule has 0 spiro atoms. The van der Waals surface area contributed by atoms with E-state index in [2.05, 4.69) is 14.7 Å². The number of sulfonamides is 1. The first kappa shape index (κ1) is 13.8. The van der Waals surface area contributed by atoms with E-state index in [0.717, 1.165) is 22.4 Å². The van der Waals surface area contributed by atoms with Gasteiger partial charge in [-0.15, -0.1) is 11.3 Å². The molecular weight excluding hydrogens is 286 g/mol. The number of aryl methyl sites for hydroxylation is 1. The normalized spacial score (nSPS) is 11.3. The van der Waals surface area contributed by atoms with E-state index in [1.807, 2.05) is 6.92 Å². The second kappa shape index (κ2) is 5.14. The number of nitrogens with zero attached hydrogens (tertiary/aromatic N) is 2. The van der Waals surface area contributed by atoms with E-state index in [1.54, 1.807) is 17.8 Å². The number of anilines is 1. The average molecular weight is 299 g/mol. The molecule has 1 N–H and O–H groups in total. The lowest BCUT2D eigenvalue weighted by Gasteiger charge is -2.10. The van der Waals surface area contributed by atoms with Crippen LogP contribution < -0.4 is 9.46 Å². The SMILES string of the molecule is COc1ncc(-c2scnc2C)cc1NS(C)(=O)=O. The molecule has 8 heteroatoms. The summed E-state index contributed by atoms with van der Waals surface area (Å²) in [6.45, 7) is 1.89. The zero-order valence-corrected chi connectivity index (χ0v) is 12.3. The second-order valence-corrected chi connectivity index (χ2v) is 6.53. The number of ether oxygens (including phenoxy) is 1. The van der Waals surface area contributed by atoms with E-state index in [9.17, 15) is 8.42 Å². The van der Waals surface area contributed by atoms with Gasteiger partial charge in [-0.25, -0.2) is 18.4 Å². The molecule has 0 fully saturated rings. The van der Waals surface area contributed by atoms with Crippen LogP contribution in [0.2, 0.25) is 0 Å². The third-order valence-corrected chi connectivity index (χ3v) is 3.92. The van der Waals surface area contributed by atoms with Crippen molar-refractivity contribution in [1.82, 2.24) is 9.97 Å². The highest BCUT2D eigenvalue weighted by Gasteiger charge is 2.13. The second-order valence-electron chi connectivity index (χ2n) is 3.92. The van der Waals surface area contributed by atoms with Crippen molar-refractivity contribution >= 4 is 27.0 Å². The van der Waals surface area contributed by atoms with Crippen molar-refractivity contribution in [2.24, 2.45) is 0 Å². The van der Waals surface area contributed by atoms with Crippen LogP contribution in [0.5, 0.6) is 5.88 Å². The van der Waals surface area contributed by atoms with Gasteiger partial charge in [0.2, 0.25) is 15.9 Å². The molecule has 0 atom stereocenters. The smallest absolute Gasteiger partial charge is 0.238 e. The molecule has 6 nitrogen and oxygen atoms in total. The molecule has 102 valence electrons. The van der Waals surface area contributed by atoms with E-state index in [-0.39, 0.29) is 5.88 Å². The number of rotatable bonds is 4. The minimum atomic E-state index is -3.39. The van der Waals surface area contributed by atoms with E-state index < -0.39 is 10.0 Å². The molecule has 0 aliphatic carbocycles. The molecular formula is C11H13N3O3S2. The zero-order chi connectivity index (χ0) is 14.0. The number of aromatic nitrogens is 2. The summed E-state index contributed by atoms with van der Waals surface area (Å²) in [5, 5.41) is 0. The Morgan fingerprint density at radius 3 is 2.63 bits per heavy atom. The fourth-order valence-corrected chi connectivity index (χ4v) is 2.92. The molecule has 2 aromatic heterocycles. The summed E-state index contributed by atoms with van der Waals surface area (Å²) in [5.74, 6) is 0.233. The van der Waals surface area contributed by atoms with Crippen LogP contribution in [0.3, 0.4) is 0 Å². The van der Waals surface area contributed by atoms with Crippen molar-refractivity contribution in [2.75, 3.05) is 18.1 Å². The van der Waals surface area contributed by atoms with Crippen LogP contribution >= 0.6 is 11.3 Å². The number of pyridine rings is 1.